The maximum absolute atomic E-state index is 13.4. The zero-order chi connectivity index (χ0) is 29.6. The lowest BCUT2D eigenvalue weighted by Crippen LogP contribution is -2.60. The summed E-state index contributed by atoms with van der Waals surface area (Å²) in [5.41, 5.74) is 1.30. The number of aromatic nitrogens is 2. The van der Waals surface area contributed by atoms with E-state index in [1.54, 1.807) is 109 Å². The average molecular weight is 589 g/mol. The van der Waals surface area contributed by atoms with Crippen LogP contribution >= 0.6 is 12.2 Å². The van der Waals surface area contributed by atoms with Gasteiger partial charge in [-0.25, -0.2) is 14.4 Å². The summed E-state index contributed by atoms with van der Waals surface area (Å²) in [6, 6.07) is 24.7. The van der Waals surface area contributed by atoms with Gasteiger partial charge in [0.25, 0.3) is 0 Å². The van der Waals surface area contributed by atoms with E-state index in [1.165, 1.54) is 0 Å². The molecule has 11 heteroatoms. The van der Waals surface area contributed by atoms with Crippen LogP contribution in [0.25, 0.3) is 0 Å². The third-order valence-corrected chi connectivity index (χ3v) is 7.12. The molecule has 1 aliphatic heterocycles. The van der Waals surface area contributed by atoms with Crippen molar-refractivity contribution in [3.63, 3.8) is 0 Å². The number of carbonyl (C=O) groups excluding carboxylic acids is 3. The van der Waals surface area contributed by atoms with Crippen LogP contribution in [0, 0.1) is 11.7 Å². The van der Waals surface area contributed by atoms with E-state index in [-0.39, 0.29) is 21.5 Å². The zero-order valence-corrected chi connectivity index (χ0v) is 23.3. The van der Waals surface area contributed by atoms with E-state index in [1.807, 2.05) is 0 Å². The largest absolute Gasteiger partial charge is 0.452 e. The fourth-order valence-corrected chi connectivity index (χ4v) is 5.04. The van der Waals surface area contributed by atoms with E-state index in [4.69, 9.17) is 31.2 Å². The number of ether oxygens (including phenoxy) is 4. The molecular formula is C31H28N2O8S. The van der Waals surface area contributed by atoms with Gasteiger partial charge >= 0.3 is 17.9 Å². The van der Waals surface area contributed by atoms with E-state index in [9.17, 15) is 19.5 Å². The van der Waals surface area contributed by atoms with Gasteiger partial charge in [0.2, 0.25) is 0 Å². The van der Waals surface area contributed by atoms with Gasteiger partial charge < -0.3 is 29.0 Å². The normalized spacial score (nSPS) is 21.7. The maximum Gasteiger partial charge on any atom is 0.338 e. The highest BCUT2D eigenvalue weighted by Gasteiger charge is 2.53. The molecule has 42 heavy (non-hydrogen) atoms. The molecule has 0 unspecified atom stereocenters. The highest BCUT2D eigenvalue weighted by atomic mass is 32.1. The first-order chi connectivity index (χ1) is 20.4. The molecule has 3 aromatic carbocycles. The molecule has 4 aromatic rings. The quantitative estimate of drug-likeness (QED) is 0.175. The van der Waals surface area contributed by atoms with E-state index < -0.39 is 55.2 Å². The van der Waals surface area contributed by atoms with Crippen molar-refractivity contribution in [3.8, 4) is 0 Å². The molecule has 2 N–H and O–H groups in total. The molecule has 1 saturated heterocycles. The minimum absolute atomic E-state index is 0.219. The molecular weight excluding hydrogens is 560 g/mol. The molecule has 10 nitrogen and oxygen atoms in total. The minimum atomic E-state index is -1.41. The summed E-state index contributed by atoms with van der Waals surface area (Å²) in [6.45, 7) is 1.14. The van der Waals surface area contributed by atoms with Crippen molar-refractivity contribution < 1.29 is 38.4 Å². The number of carbonyl (C=O) groups is 3. The van der Waals surface area contributed by atoms with E-state index in [2.05, 4.69) is 4.98 Å². The van der Waals surface area contributed by atoms with Gasteiger partial charge in [-0.05, 0) is 55.5 Å². The fourth-order valence-electron chi connectivity index (χ4n) is 4.73. The van der Waals surface area contributed by atoms with Gasteiger partial charge in [-0.3, -0.25) is 4.57 Å². The Hall–Kier alpha value is -4.58. The van der Waals surface area contributed by atoms with Gasteiger partial charge in [-0.1, -0.05) is 54.6 Å². The molecule has 1 aromatic heterocycles. The molecule has 0 amide bonds. The van der Waals surface area contributed by atoms with Crippen molar-refractivity contribution in [2.24, 2.45) is 0 Å². The Kier molecular flexibility index (Phi) is 8.91. The Balaban J connectivity index is 1.60. The van der Waals surface area contributed by atoms with E-state index in [0.717, 1.165) is 0 Å². The number of imidazole rings is 1. The smallest absolute Gasteiger partial charge is 0.338 e. The van der Waals surface area contributed by atoms with Crippen LogP contribution in [0.2, 0.25) is 0 Å². The monoisotopic (exact) mass is 588 g/mol. The van der Waals surface area contributed by atoms with Crippen LogP contribution in [0.5, 0.6) is 0 Å². The van der Waals surface area contributed by atoms with Crippen LogP contribution in [-0.2, 0) is 18.9 Å². The Bertz CT molecular complexity index is 1590. The van der Waals surface area contributed by atoms with Gasteiger partial charge in [0.1, 0.15) is 6.10 Å². The molecule has 0 radical (unpaired) electrons. The average Bonchev–Trinajstić information content (AvgIpc) is 3.36. The SMILES string of the molecule is Cc1c[nH]c(=S)n1[C@@H]1O[C@H](CO)[C@@H](OC(=O)c2ccccc2)[C@H](OC(=O)c2ccccc2)[C@H]1OC(=O)c1ccccc1. The van der Waals surface area contributed by atoms with E-state index in [0.29, 0.717) is 5.69 Å². The number of aryl methyl sites for hydroxylation is 1. The molecule has 0 spiro atoms. The molecule has 5 rings (SSSR count). The third kappa shape index (κ3) is 6.18. The van der Waals surface area contributed by atoms with Crippen molar-refractivity contribution in [2.75, 3.05) is 6.61 Å². The van der Waals surface area contributed by atoms with Crippen molar-refractivity contribution in [1.82, 2.24) is 9.55 Å². The lowest BCUT2D eigenvalue weighted by molar-refractivity contribution is -0.250. The summed E-state index contributed by atoms with van der Waals surface area (Å²) in [7, 11) is 0. The standard InChI is InChI=1S/C31H28N2O8S/c1-19-17-32-31(42)33(19)27-26(41-30(37)22-15-9-4-10-16-22)25(40-29(36)21-13-7-3-8-14-21)24(23(18-34)38-27)39-28(35)20-11-5-2-6-12-20/h2-17,23-27,34H,18H2,1H3,(H,32,42)/t23-,24-,25+,26-,27-/m1/s1. The van der Waals surface area contributed by atoms with Crippen molar-refractivity contribution >= 4 is 30.1 Å². The molecule has 2 heterocycles. The summed E-state index contributed by atoms with van der Waals surface area (Å²) >= 11 is 5.49. The number of nitrogens with zero attached hydrogens (tertiary/aromatic N) is 1. The summed E-state index contributed by atoms with van der Waals surface area (Å²) in [6.07, 6.45) is -4.84. The van der Waals surface area contributed by atoms with Crippen LogP contribution in [0.15, 0.2) is 97.2 Å². The number of hydrogen-bond donors (Lipinski definition) is 2. The Morgan fingerprint density at radius 1 is 0.762 bits per heavy atom. The molecule has 0 saturated carbocycles. The molecule has 5 atom stereocenters. The van der Waals surface area contributed by atoms with Crippen LogP contribution in [0.1, 0.15) is 43.0 Å². The summed E-state index contributed by atoms with van der Waals surface area (Å²) in [5.74, 6) is -2.23. The number of hydrogen-bond acceptors (Lipinski definition) is 9. The molecule has 216 valence electrons. The number of nitrogens with one attached hydrogen (secondary N) is 1. The first-order valence-electron chi connectivity index (χ1n) is 13.2. The van der Waals surface area contributed by atoms with Gasteiger partial charge in [0.05, 0.1) is 23.3 Å². The van der Waals surface area contributed by atoms with Gasteiger partial charge in [-0.15, -0.1) is 0 Å². The minimum Gasteiger partial charge on any atom is -0.452 e. The summed E-state index contributed by atoms with van der Waals surface area (Å²) in [4.78, 5) is 42.9. The Morgan fingerprint density at radius 3 is 1.60 bits per heavy atom. The highest BCUT2D eigenvalue weighted by molar-refractivity contribution is 7.71. The number of H-pyrrole nitrogens is 1. The lowest BCUT2D eigenvalue weighted by atomic mass is 9.96. The number of aromatic amines is 1. The molecule has 1 fully saturated rings. The van der Waals surface area contributed by atoms with Crippen LogP contribution in [0.3, 0.4) is 0 Å². The number of rotatable bonds is 8. The predicted molar refractivity (Wildman–Crippen MR) is 152 cm³/mol. The number of esters is 3. The van der Waals surface area contributed by atoms with Gasteiger partial charge in [0, 0.05) is 11.9 Å². The van der Waals surface area contributed by atoms with Crippen LogP contribution < -0.4 is 0 Å². The second-order valence-corrected chi connectivity index (χ2v) is 9.95. The Morgan fingerprint density at radius 2 is 1.19 bits per heavy atom. The maximum atomic E-state index is 13.4. The molecule has 0 bridgehead atoms. The van der Waals surface area contributed by atoms with Crippen LogP contribution in [-0.4, -0.2) is 63.6 Å². The Labute approximate surface area is 246 Å². The molecule has 1 aliphatic rings. The summed E-state index contributed by atoms with van der Waals surface area (Å²) < 4.78 is 25.8. The third-order valence-electron chi connectivity index (χ3n) is 6.80. The lowest BCUT2D eigenvalue weighted by Gasteiger charge is -2.45. The van der Waals surface area contributed by atoms with Crippen molar-refractivity contribution in [3.05, 3.63) is 124 Å². The molecule has 0 aliphatic carbocycles. The number of aliphatic hydroxyl groups excluding tert-OH is 1. The zero-order valence-electron chi connectivity index (χ0n) is 22.5. The second-order valence-electron chi connectivity index (χ2n) is 9.56. The predicted octanol–water partition coefficient (Wildman–Crippen LogP) is 4.42. The van der Waals surface area contributed by atoms with Crippen molar-refractivity contribution in [2.45, 2.75) is 37.6 Å². The topological polar surface area (TPSA) is 129 Å². The number of benzene rings is 3. The second kappa shape index (κ2) is 12.9. The highest BCUT2D eigenvalue weighted by Crippen LogP contribution is 2.36. The van der Waals surface area contributed by atoms with Crippen molar-refractivity contribution in [1.29, 1.82) is 0 Å². The first kappa shape index (κ1) is 28.9. The van der Waals surface area contributed by atoms with E-state index >= 15 is 0 Å². The van der Waals surface area contributed by atoms with Crippen LogP contribution in [0.4, 0.5) is 0 Å². The summed E-state index contributed by atoms with van der Waals surface area (Å²) in [5, 5.41) is 10.4. The first-order valence-corrected chi connectivity index (χ1v) is 13.6. The number of aliphatic hydroxyl groups is 1. The van der Waals surface area contributed by atoms with Gasteiger partial charge in [0.15, 0.2) is 29.3 Å². The fraction of sp³-hybridized carbons (Fsp3) is 0.226. The van der Waals surface area contributed by atoms with Gasteiger partial charge in [-0.2, -0.15) is 0 Å².